The maximum atomic E-state index is 12.4. The highest BCUT2D eigenvalue weighted by Crippen LogP contribution is 2.22. The van der Waals surface area contributed by atoms with Crippen molar-refractivity contribution in [3.05, 3.63) is 54.1 Å². The van der Waals surface area contributed by atoms with E-state index in [0.717, 1.165) is 6.42 Å². The van der Waals surface area contributed by atoms with Gasteiger partial charge >= 0.3 is 0 Å². The van der Waals surface area contributed by atoms with Crippen molar-refractivity contribution in [3.63, 3.8) is 0 Å². The van der Waals surface area contributed by atoms with Crippen molar-refractivity contribution in [3.8, 4) is 6.07 Å². The number of carbonyl (C=O) groups excluding carboxylic acids is 2. The van der Waals surface area contributed by atoms with Gasteiger partial charge in [-0.1, -0.05) is 6.07 Å². The normalized spacial score (nSPS) is 14.0. The van der Waals surface area contributed by atoms with Gasteiger partial charge in [0, 0.05) is 24.3 Å². The van der Waals surface area contributed by atoms with Gasteiger partial charge in [0.05, 0.1) is 23.1 Å². The predicted molar refractivity (Wildman–Crippen MR) is 103 cm³/mol. The average molecular weight is 398 g/mol. The smallest absolute Gasteiger partial charge is 0.241 e. The minimum Gasteiger partial charge on any atom is -0.325 e. The van der Waals surface area contributed by atoms with Gasteiger partial charge in [-0.3, -0.25) is 9.59 Å². The molecule has 1 heterocycles. The zero-order chi connectivity index (χ0) is 20.1. The molecular weight excluding hydrogens is 380 g/mol. The third-order valence-corrected chi connectivity index (χ3v) is 5.65. The number of hydrogen-bond donors (Lipinski definition) is 2. The fourth-order valence-corrected chi connectivity index (χ4v) is 3.82. The van der Waals surface area contributed by atoms with Gasteiger partial charge in [0.25, 0.3) is 0 Å². The van der Waals surface area contributed by atoms with Crippen LogP contribution in [-0.4, -0.2) is 33.3 Å². The number of rotatable bonds is 6. The van der Waals surface area contributed by atoms with Crippen LogP contribution in [0.3, 0.4) is 0 Å². The fraction of sp³-hybridized carbons (Fsp3) is 0.211. The quantitative estimate of drug-likeness (QED) is 0.766. The summed E-state index contributed by atoms with van der Waals surface area (Å²) in [6, 6.07) is 14.2. The monoisotopic (exact) mass is 398 g/mol. The third kappa shape index (κ3) is 4.54. The van der Waals surface area contributed by atoms with Crippen LogP contribution in [0.15, 0.2) is 53.4 Å². The maximum absolute atomic E-state index is 12.4. The Kier molecular flexibility index (Phi) is 5.73. The molecule has 0 spiro atoms. The number of amides is 2. The lowest BCUT2D eigenvalue weighted by atomic mass is 10.2. The van der Waals surface area contributed by atoms with Crippen molar-refractivity contribution in [2.75, 3.05) is 23.3 Å². The molecule has 2 amide bonds. The summed E-state index contributed by atoms with van der Waals surface area (Å²) in [5.74, 6) is -0.538. The first-order valence-electron chi connectivity index (χ1n) is 8.59. The van der Waals surface area contributed by atoms with Crippen molar-refractivity contribution in [2.24, 2.45) is 0 Å². The Morgan fingerprint density at radius 2 is 1.93 bits per heavy atom. The molecule has 28 heavy (non-hydrogen) atoms. The van der Waals surface area contributed by atoms with Crippen LogP contribution in [0.5, 0.6) is 0 Å². The predicted octanol–water partition coefficient (Wildman–Crippen LogP) is 1.60. The summed E-state index contributed by atoms with van der Waals surface area (Å²) >= 11 is 0. The summed E-state index contributed by atoms with van der Waals surface area (Å²) in [5, 5.41) is 11.4. The topological polar surface area (TPSA) is 119 Å². The summed E-state index contributed by atoms with van der Waals surface area (Å²) in [4.78, 5) is 25.4. The molecular formula is C19H18N4O4S. The minimum atomic E-state index is -3.88. The molecule has 3 rings (SSSR count). The van der Waals surface area contributed by atoms with Gasteiger partial charge in [-0.25, -0.2) is 13.1 Å². The molecule has 1 saturated heterocycles. The van der Waals surface area contributed by atoms with E-state index in [4.69, 9.17) is 5.26 Å². The SMILES string of the molecule is N#Cc1cccc(NC(=O)CNS(=O)(=O)c2ccc(N3CCCC3=O)cc2)c1. The fourth-order valence-electron chi connectivity index (χ4n) is 2.84. The van der Waals surface area contributed by atoms with E-state index in [2.05, 4.69) is 10.0 Å². The Balaban J connectivity index is 1.61. The second kappa shape index (κ2) is 8.21. The molecule has 0 aromatic heterocycles. The van der Waals surface area contributed by atoms with E-state index in [9.17, 15) is 18.0 Å². The number of carbonyl (C=O) groups is 2. The lowest BCUT2D eigenvalue weighted by Gasteiger charge is -2.16. The Bertz CT molecular complexity index is 1040. The molecule has 2 N–H and O–H groups in total. The Hall–Kier alpha value is -3.22. The van der Waals surface area contributed by atoms with Crippen LogP contribution in [0.4, 0.5) is 11.4 Å². The molecule has 2 aromatic rings. The highest BCUT2D eigenvalue weighted by atomic mass is 32.2. The largest absolute Gasteiger partial charge is 0.325 e. The molecule has 0 atom stereocenters. The molecule has 1 fully saturated rings. The van der Waals surface area contributed by atoms with Gasteiger partial charge in [-0.05, 0) is 48.9 Å². The molecule has 0 unspecified atom stereocenters. The van der Waals surface area contributed by atoms with Crippen LogP contribution in [0, 0.1) is 11.3 Å². The van der Waals surface area contributed by atoms with Crippen LogP contribution >= 0.6 is 0 Å². The van der Waals surface area contributed by atoms with E-state index in [0.29, 0.717) is 29.9 Å². The average Bonchev–Trinajstić information content (AvgIpc) is 3.13. The summed E-state index contributed by atoms with van der Waals surface area (Å²) in [6.07, 6.45) is 1.28. The number of nitriles is 1. The number of sulfonamides is 1. The summed E-state index contributed by atoms with van der Waals surface area (Å²) in [5.41, 5.74) is 1.44. The van der Waals surface area contributed by atoms with Crippen LogP contribution in [0.1, 0.15) is 18.4 Å². The van der Waals surface area contributed by atoms with Crippen molar-refractivity contribution in [1.29, 1.82) is 5.26 Å². The highest BCUT2D eigenvalue weighted by molar-refractivity contribution is 7.89. The lowest BCUT2D eigenvalue weighted by molar-refractivity contribution is -0.117. The third-order valence-electron chi connectivity index (χ3n) is 4.23. The zero-order valence-electron chi connectivity index (χ0n) is 14.9. The van der Waals surface area contributed by atoms with E-state index < -0.39 is 22.5 Å². The van der Waals surface area contributed by atoms with E-state index in [1.807, 2.05) is 6.07 Å². The van der Waals surface area contributed by atoms with Crippen LogP contribution < -0.4 is 14.9 Å². The molecule has 8 nitrogen and oxygen atoms in total. The first-order valence-corrected chi connectivity index (χ1v) is 10.1. The van der Waals surface area contributed by atoms with Gasteiger partial charge in [-0.2, -0.15) is 5.26 Å². The molecule has 0 radical (unpaired) electrons. The van der Waals surface area contributed by atoms with E-state index >= 15 is 0 Å². The van der Waals surface area contributed by atoms with E-state index in [1.165, 1.54) is 18.2 Å². The Morgan fingerprint density at radius 3 is 2.57 bits per heavy atom. The van der Waals surface area contributed by atoms with Gasteiger partial charge in [0.15, 0.2) is 0 Å². The number of nitrogens with one attached hydrogen (secondary N) is 2. The number of anilines is 2. The summed E-state index contributed by atoms with van der Waals surface area (Å²) < 4.78 is 27.0. The van der Waals surface area contributed by atoms with Crippen molar-refractivity contribution < 1.29 is 18.0 Å². The van der Waals surface area contributed by atoms with Gasteiger partial charge in [0.1, 0.15) is 0 Å². The number of nitrogens with zero attached hydrogens (tertiary/aromatic N) is 2. The lowest BCUT2D eigenvalue weighted by Crippen LogP contribution is -2.33. The molecule has 1 aliphatic rings. The van der Waals surface area contributed by atoms with Crippen molar-refractivity contribution in [2.45, 2.75) is 17.7 Å². The van der Waals surface area contributed by atoms with Gasteiger partial charge < -0.3 is 10.2 Å². The Labute approximate surface area is 162 Å². The second-order valence-electron chi connectivity index (χ2n) is 6.21. The number of hydrogen-bond acceptors (Lipinski definition) is 5. The first-order chi connectivity index (χ1) is 13.4. The summed E-state index contributed by atoms with van der Waals surface area (Å²) in [7, 11) is -3.88. The minimum absolute atomic E-state index is 0.00201. The zero-order valence-corrected chi connectivity index (χ0v) is 15.7. The van der Waals surface area contributed by atoms with Crippen molar-refractivity contribution >= 4 is 33.2 Å². The van der Waals surface area contributed by atoms with E-state index in [1.54, 1.807) is 35.2 Å². The van der Waals surface area contributed by atoms with Crippen LogP contribution in [0.25, 0.3) is 0 Å². The maximum Gasteiger partial charge on any atom is 0.241 e. The standard InChI is InChI=1S/C19H18N4O4S/c20-12-14-3-1-4-15(11-14)22-18(24)13-21-28(26,27)17-8-6-16(7-9-17)23-10-2-5-19(23)25/h1,3-4,6-9,11,21H,2,5,10,13H2,(H,22,24). The van der Waals surface area contributed by atoms with Crippen LogP contribution in [0.2, 0.25) is 0 Å². The second-order valence-corrected chi connectivity index (χ2v) is 7.98. The Morgan fingerprint density at radius 1 is 1.18 bits per heavy atom. The summed E-state index contributed by atoms with van der Waals surface area (Å²) in [6.45, 7) is 0.168. The highest BCUT2D eigenvalue weighted by Gasteiger charge is 2.22. The van der Waals surface area contributed by atoms with Crippen molar-refractivity contribution in [1.82, 2.24) is 4.72 Å². The first kappa shape index (κ1) is 19.5. The molecule has 0 bridgehead atoms. The van der Waals surface area contributed by atoms with E-state index in [-0.39, 0.29) is 10.8 Å². The molecule has 9 heteroatoms. The molecule has 0 aliphatic carbocycles. The molecule has 144 valence electrons. The van der Waals surface area contributed by atoms with Crippen LogP contribution in [-0.2, 0) is 19.6 Å². The molecule has 0 saturated carbocycles. The van der Waals surface area contributed by atoms with Gasteiger partial charge in [0.2, 0.25) is 21.8 Å². The molecule has 1 aliphatic heterocycles. The number of benzene rings is 2. The van der Waals surface area contributed by atoms with Gasteiger partial charge in [-0.15, -0.1) is 0 Å². The molecule has 2 aromatic carbocycles.